The van der Waals surface area contributed by atoms with Gasteiger partial charge in [0.15, 0.2) is 0 Å². The van der Waals surface area contributed by atoms with Gasteiger partial charge < -0.3 is 4.42 Å². The van der Waals surface area contributed by atoms with E-state index >= 15 is 0 Å². The number of fused-ring (bicyclic) bond motifs is 1. The van der Waals surface area contributed by atoms with Crippen LogP contribution < -0.4 is 10.9 Å². The van der Waals surface area contributed by atoms with Crippen molar-refractivity contribution < 1.29 is 23.6 Å². The van der Waals surface area contributed by atoms with Gasteiger partial charge in [-0.1, -0.05) is 23.2 Å². The summed E-state index contributed by atoms with van der Waals surface area (Å²) in [5.41, 5.74) is 4.76. The first-order chi connectivity index (χ1) is 12.7. The lowest BCUT2D eigenvalue weighted by molar-refractivity contribution is -0.122. The summed E-state index contributed by atoms with van der Waals surface area (Å²) in [6, 6.07) is 4.08. The number of amides is 4. The largest absolute Gasteiger partial charge is 0.466 e. The highest BCUT2D eigenvalue weighted by molar-refractivity contribution is 6.43. The second-order valence-corrected chi connectivity index (χ2v) is 6.65. The zero-order valence-electron chi connectivity index (χ0n) is 14.2. The molecule has 2 aromatic rings. The van der Waals surface area contributed by atoms with E-state index in [1.807, 2.05) is 0 Å². The molecule has 2 N–H and O–H groups in total. The van der Waals surface area contributed by atoms with E-state index in [9.17, 15) is 19.2 Å². The van der Waals surface area contributed by atoms with Crippen LogP contribution >= 0.6 is 23.2 Å². The van der Waals surface area contributed by atoms with Gasteiger partial charge >= 0.3 is 0 Å². The van der Waals surface area contributed by atoms with Crippen molar-refractivity contribution >= 4 is 46.8 Å². The van der Waals surface area contributed by atoms with E-state index < -0.39 is 30.2 Å². The molecular weight excluding hydrogens is 397 g/mol. The van der Waals surface area contributed by atoms with Crippen molar-refractivity contribution in [3.63, 3.8) is 0 Å². The van der Waals surface area contributed by atoms with Gasteiger partial charge in [0.1, 0.15) is 18.1 Å². The Labute approximate surface area is 163 Å². The van der Waals surface area contributed by atoms with Crippen molar-refractivity contribution in [2.24, 2.45) is 0 Å². The topological polar surface area (TPSA) is 109 Å². The summed E-state index contributed by atoms with van der Waals surface area (Å²) in [4.78, 5) is 49.5. The van der Waals surface area contributed by atoms with E-state index in [0.29, 0.717) is 11.5 Å². The van der Waals surface area contributed by atoms with Crippen LogP contribution in [0, 0.1) is 13.8 Å². The molecule has 3 rings (SSSR count). The van der Waals surface area contributed by atoms with Crippen LogP contribution in [0.25, 0.3) is 0 Å². The summed E-state index contributed by atoms with van der Waals surface area (Å²) in [5.74, 6) is -1.74. The van der Waals surface area contributed by atoms with Crippen LogP contribution in [-0.2, 0) is 4.79 Å². The van der Waals surface area contributed by atoms with Gasteiger partial charge in [-0.25, -0.2) is 0 Å². The number of rotatable bonds is 3. The molecule has 1 aromatic heterocycles. The van der Waals surface area contributed by atoms with Gasteiger partial charge in [0, 0.05) is 0 Å². The van der Waals surface area contributed by atoms with Gasteiger partial charge in [-0.15, -0.1) is 0 Å². The molecule has 0 spiro atoms. The van der Waals surface area contributed by atoms with E-state index in [-0.39, 0.29) is 26.7 Å². The van der Waals surface area contributed by atoms with Crippen LogP contribution in [0.1, 0.15) is 42.6 Å². The molecule has 1 aromatic carbocycles. The molecule has 0 fully saturated rings. The molecule has 0 atom stereocenters. The monoisotopic (exact) mass is 409 g/mol. The zero-order chi connectivity index (χ0) is 19.9. The molecule has 0 bridgehead atoms. The predicted octanol–water partition coefficient (Wildman–Crippen LogP) is 2.26. The maximum Gasteiger partial charge on any atom is 0.273 e. The number of aryl methyl sites for hydroxylation is 2. The number of furan rings is 1. The molecule has 1 aliphatic heterocycles. The average Bonchev–Trinajstić information content (AvgIpc) is 3.05. The normalized spacial score (nSPS) is 13.0. The van der Waals surface area contributed by atoms with Gasteiger partial charge in [0.05, 0.1) is 26.7 Å². The lowest BCUT2D eigenvalue weighted by Gasteiger charge is -2.13. The fourth-order valence-corrected chi connectivity index (χ4v) is 2.99. The lowest BCUT2D eigenvalue weighted by atomic mass is 10.1. The lowest BCUT2D eigenvalue weighted by Crippen LogP contribution is -2.47. The molecule has 4 amide bonds. The molecule has 10 heteroatoms. The standard InChI is InChI=1S/C17H13Cl2N3O5/c1-7-3-9(8(2)27-7)15(24)21-20-14(23)6-22-16(25)10-4-12(18)13(19)5-11(10)17(22)26/h3-5H,6H2,1-2H3,(H,20,23)(H,21,24). The summed E-state index contributed by atoms with van der Waals surface area (Å²) in [6.07, 6.45) is 0. The Balaban J connectivity index is 1.65. The summed E-state index contributed by atoms with van der Waals surface area (Å²) in [6.45, 7) is 2.72. The Morgan fingerprint density at radius 3 is 2.04 bits per heavy atom. The zero-order valence-corrected chi connectivity index (χ0v) is 15.7. The van der Waals surface area contributed by atoms with Crippen molar-refractivity contribution in [1.82, 2.24) is 15.8 Å². The van der Waals surface area contributed by atoms with E-state index in [2.05, 4.69) is 10.9 Å². The second kappa shape index (κ2) is 7.05. The van der Waals surface area contributed by atoms with Crippen LogP contribution in [0.15, 0.2) is 22.6 Å². The maximum atomic E-state index is 12.3. The van der Waals surface area contributed by atoms with Crippen LogP contribution in [0.3, 0.4) is 0 Å². The molecule has 27 heavy (non-hydrogen) atoms. The van der Waals surface area contributed by atoms with Crippen LogP contribution in [0.5, 0.6) is 0 Å². The highest BCUT2D eigenvalue weighted by Gasteiger charge is 2.37. The highest BCUT2D eigenvalue weighted by atomic mass is 35.5. The van der Waals surface area contributed by atoms with Gasteiger partial charge in [0.25, 0.3) is 23.6 Å². The fourth-order valence-electron chi connectivity index (χ4n) is 2.66. The van der Waals surface area contributed by atoms with E-state index in [1.165, 1.54) is 18.2 Å². The number of benzene rings is 1. The maximum absolute atomic E-state index is 12.3. The third-order valence-electron chi connectivity index (χ3n) is 3.91. The first kappa shape index (κ1) is 18.9. The number of imide groups is 1. The Hall–Kier alpha value is -2.84. The van der Waals surface area contributed by atoms with E-state index in [4.69, 9.17) is 27.6 Å². The quantitative estimate of drug-likeness (QED) is 0.596. The average molecular weight is 410 g/mol. The van der Waals surface area contributed by atoms with Crippen LogP contribution in [0.4, 0.5) is 0 Å². The third kappa shape index (κ3) is 3.54. The molecule has 2 heterocycles. The van der Waals surface area contributed by atoms with E-state index in [1.54, 1.807) is 13.8 Å². The Kier molecular flexibility index (Phi) is 4.95. The number of carbonyl (C=O) groups excluding carboxylic acids is 4. The fraction of sp³-hybridized carbons (Fsp3) is 0.176. The number of hydrogen-bond donors (Lipinski definition) is 2. The van der Waals surface area contributed by atoms with Crippen molar-refractivity contribution in [1.29, 1.82) is 0 Å². The van der Waals surface area contributed by atoms with Crippen LogP contribution in [0.2, 0.25) is 10.0 Å². The number of carbonyl (C=O) groups is 4. The van der Waals surface area contributed by atoms with E-state index in [0.717, 1.165) is 4.90 Å². The number of hydrogen-bond acceptors (Lipinski definition) is 5. The van der Waals surface area contributed by atoms with Gasteiger partial charge in [-0.2, -0.15) is 0 Å². The smallest absolute Gasteiger partial charge is 0.273 e. The first-order valence-corrected chi connectivity index (χ1v) is 8.46. The Morgan fingerprint density at radius 2 is 1.56 bits per heavy atom. The van der Waals surface area contributed by atoms with Gasteiger partial charge in [-0.05, 0) is 32.0 Å². The Morgan fingerprint density at radius 1 is 1.00 bits per heavy atom. The van der Waals surface area contributed by atoms with Crippen molar-refractivity contribution in [3.8, 4) is 0 Å². The van der Waals surface area contributed by atoms with Crippen molar-refractivity contribution in [3.05, 3.63) is 56.5 Å². The molecule has 1 aliphatic rings. The minimum atomic E-state index is -0.757. The SMILES string of the molecule is Cc1cc(C(=O)NNC(=O)CN2C(=O)c3cc(Cl)c(Cl)cc3C2=O)c(C)o1. The van der Waals surface area contributed by atoms with Gasteiger partial charge in [-0.3, -0.25) is 34.9 Å². The Bertz CT molecular complexity index is 958. The number of hydrazine groups is 1. The molecular formula is C17H13Cl2N3O5. The summed E-state index contributed by atoms with van der Waals surface area (Å²) < 4.78 is 5.24. The molecule has 0 radical (unpaired) electrons. The van der Waals surface area contributed by atoms with Gasteiger partial charge in [0.2, 0.25) is 0 Å². The summed E-state index contributed by atoms with van der Waals surface area (Å²) in [7, 11) is 0. The van der Waals surface area contributed by atoms with Crippen molar-refractivity contribution in [2.75, 3.05) is 6.54 Å². The second-order valence-electron chi connectivity index (χ2n) is 5.84. The third-order valence-corrected chi connectivity index (χ3v) is 4.64. The number of nitrogens with one attached hydrogen (secondary N) is 2. The molecule has 0 saturated heterocycles. The minimum Gasteiger partial charge on any atom is -0.466 e. The van der Waals surface area contributed by atoms with Crippen LogP contribution in [-0.4, -0.2) is 35.1 Å². The number of halogens is 2. The molecule has 8 nitrogen and oxygen atoms in total. The predicted molar refractivity (Wildman–Crippen MR) is 95.6 cm³/mol. The summed E-state index contributed by atoms with van der Waals surface area (Å²) >= 11 is 11.7. The first-order valence-electron chi connectivity index (χ1n) is 7.70. The highest BCUT2D eigenvalue weighted by Crippen LogP contribution is 2.31. The summed E-state index contributed by atoms with van der Waals surface area (Å²) in [5, 5.41) is 0.252. The molecule has 140 valence electrons. The molecule has 0 unspecified atom stereocenters. The van der Waals surface area contributed by atoms with Crippen molar-refractivity contribution in [2.45, 2.75) is 13.8 Å². The molecule has 0 aliphatic carbocycles. The number of nitrogens with zero attached hydrogens (tertiary/aromatic N) is 1. The molecule has 0 saturated carbocycles. The minimum absolute atomic E-state index is 0.0655.